The van der Waals surface area contributed by atoms with Crippen LogP contribution in [-0.4, -0.2) is 28.7 Å². The maximum atomic E-state index is 13.3. The largest absolute Gasteiger partial charge is 0.497 e. The van der Waals surface area contributed by atoms with Crippen molar-refractivity contribution in [2.45, 2.75) is 38.6 Å². The van der Waals surface area contributed by atoms with Crippen molar-refractivity contribution in [2.75, 3.05) is 19.5 Å². The van der Waals surface area contributed by atoms with Gasteiger partial charge in [-0.05, 0) is 36.6 Å². The maximum Gasteiger partial charge on any atom is 0.220 e. The van der Waals surface area contributed by atoms with Crippen molar-refractivity contribution in [1.29, 1.82) is 5.26 Å². The van der Waals surface area contributed by atoms with E-state index in [9.17, 15) is 13.7 Å². The molecule has 0 aromatic heterocycles. The fraction of sp³-hybridized carbons (Fsp3) is 0.348. The lowest BCUT2D eigenvalue weighted by atomic mass is 9.88. The minimum atomic E-state index is -4.14. The zero-order valence-corrected chi connectivity index (χ0v) is 20.6. The van der Waals surface area contributed by atoms with Gasteiger partial charge in [0.15, 0.2) is 4.91 Å². The summed E-state index contributed by atoms with van der Waals surface area (Å²) in [5, 5.41) is 16.5. The number of allylic oxidation sites excluding steroid dienone is 1. The summed E-state index contributed by atoms with van der Waals surface area (Å²) in [6, 6.07) is 12.4. The molecule has 2 aromatic carbocycles. The van der Waals surface area contributed by atoms with Gasteiger partial charge in [0.1, 0.15) is 23.4 Å². The number of nitriles is 1. The number of hydrogen-bond acceptors (Lipinski definition) is 7. The molecule has 0 aliphatic carbocycles. The number of hydrogen-bond donors (Lipinski definition) is 2. The fourth-order valence-electron chi connectivity index (χ4n) is 2.60. The van der Waals surface area contributed by atoms with Gasteiger partial charge in [0.05, 0.1) is 19.1 Å². The average molecular weight is 478 g/mol. The van der Waals surface area contributed by atoms with E-state index in [-0.39, 0.29) is 22.2 Å². The van der Waals surface area contributed by atoms with Crippen molar-refractivity contribution < 1.29 is 17.9 Å². The van der Waals surface area contributed by atoms with Crippen molar-refractivity contribution in [1.82, 2.24) is 5.32 Å². The second kappa shape index (κ2) is 10.2. The summed E-state index contributed by atoms with van der Waals surface area (Å²) in [5.74, 6) is 1.07. The molecule has 0 spiro atoms. The molecular formula is C23H28ClN3O4S. The highest BCUT2D eigenvalue weighted by atomic mass is 35.5. The van der Waals surface area contributed by atoms with Gasteiger partial charge < -0.3 is 20.1 Å². The maximum absolute atomic E-state index is 13.3. The minimum absolute atomic E-state index is 0.0359. The molecule has 7 nitrogen and oxygen atoms in total. The predicted molar refractivity (Wildman–Crippen MR) is 126 cm³/mol. The number of ether oxygens (including phenoxy) is 2. The molecule has 1 unspecified atom stereocenters. The Morgan fingerprint density at radius 1 is 1.06 bits per heavy atom. The van der Waals surface area contributed by atoms with Crippen molar-refractivity contribution in [3.05, 3.63) is 58.2 Å². The van der Waals surface area contributed by atoms with E-state index in [0.717, 1.165) is 0 Å². The van der Waals surface area contributed by atoms with Crippen LogP contribution in [0, 0.1) is 16.7 Å². The van der Waals surface area contributed by atoms with Gasteiger partial charge >= 0.3 is 0 Å². The lowest BCUT2D eigenvalue weighted by Gasteiger charge is -2.31. The standard InChI is InChI=1S/C23H28ClN3O4S/c1-15(23(2,3)4)26-22(27-17-11-18(30-5)13-19(12-17)31-6)21(14-25)32(28,29)20-9-7-16(24)8-10-20/h7-13,15,26-27H,1-6H3. The molecule has 0 aliphatic rings. The summed E-state index contributed by atoms with van der Waals surface area (Å²) in [5.41, 5.74) is 0.271. The fourth-order valence-corrected chi connectivity index (χ4v) is 3.95. The Kier molecular flexibility index (Phi) is 8.05. The van der Waals surface area contributed by atoms with E-state index in [0.29, 0.717) is 22.2 Å². The first-order valence-electron chi connectivity index (χ1n) is 9.84. The number of halogens is 1. The molecule has 0 saturated heterocycles. The third kappa shape index (κ3) is 6.09. The quantitative estimate of drug-likeness (QED) is 0.518. The van der Waals surface area contributed by atoms with Crippen molar-refractivity contribution in [3.8, 4) is 17.6 Å². The molecule has 32 heavy (non-hydrogen) atoms. The zero-order chi connectivity index (χ0) is 24.1. The highest BCUT2D eigenvalue weighted by molar-refractivity contribution is 7.95. The van der Waals surface area contributed by atoms with Crippen molar-refractivity contribution in [3.63, 3.8) is 0 Å². The molecular weight excluding hydrogens is 450 g/mol. The van der Waals surface area contributed by atoms with Crippen LogP contribution >= 0.6 is 11.6 Å². The highest BCUT2D eigenvalue weighted by Crippen LogP contribution is 2.29. The van der Waals surface area contributed by atoms with E-state index >= 15 is 0 Å². The minimum Gasteiger partial charge on any atom is -0.497 e. The molecule has 2 aromatic rings. The average Bonchev–Trinajstić information content (AvgIpc) is 2.73. The van der Waals surface area contributed by atoms with Gasteiger partial charge in [-0.15, -0.1) is 0 Å². The first kappa shape index (κ1) is 25.4. The van der Waals surface area contributed by atoms with Crippen LogP contribution in [0.2, 0.25) is 5.02 Å². The van der Waals surface area contributed by atoms with Gasteiger partial charge in [-0.1, -0.05) is 32.4 Å². The van der Waals surface area contributed by atoms with E-state index in [2.05, 4.69) is 10.6 Å². The predicted octanol–water partition coefficient (Wildman–Crippen LogP) is 4.96. The van der Waals surface area contributed by atoms with Crippen LogP contribution in [0.1, 0.15) is 27.7 Å². The van der Waals surface area contributed by atoms with Crippen LogP contribution in [0.3, 0.4) is 0 Å². The number of nitrogens with zero attached hydrogens (tertiary/aromatic N) is 1. The van der Waals surface area contributed by atoms with Gasteiger partial charge in [-0.3, -0.25) is 0 Å². The number of methoxy groups -OCH3 is 2. The lowest BCUT2D eigenvalue weighted by Crippen LogP contribution is -2.40. The molecule has 0 bridgehead atoms. The molecule has 1 atom stereocenters. The Balaban J connectivity index is 2.67. The number of anilines is 1. The monoisotopic (exact) mass is 477 g/mol. The Labute approximate surface area is 194 Å². The molecule has 172 valence electrons. The zero-order valence-electron chi connectivity index (χ0n) is 19.0. The molecule has 0 heterocycles. The molecule has 2 rings (SSSR count). The number of benzene rings is 2. The first-order valence-corrected chi connectivity index (χ1v) is 11.7. The van der Waals surface area contributed by atoms with E-state index in [1.165, 1.54) is 38.5 Å². The van der Waals surface area contributed by atoms with Gasteiger partial charge in [-0.25, -0.2) is 8.42 Å². The molecule has 0 saturated carbocycles. The Morgan fingerprint density at radius 3 is 2.03 bits per heavy atom. The number of rotatable bonds is 8. The summed E-state index contributed by atoms with van der Waals surface area (Å²) in [6.45, 7) is 7.95. The SMILES string of the molecule is COc1cc(NC(NC(C)C(C)(C)C)=C(C#N)S(=O)(=O)c2ccc(Cl)cc2)cc(OC)c1. The van der Waals surface area contributed by atoms with E-state index in [4.69, 9.17) is 21.1 Å². The second-order valence-electron chi connectivity index (χ2n) is 8.23. The highest BCUT2D eigenvalue weighted by Gasteiger charge is 2.28. The van der Waals surface area contributed by atoms with Crippen LogP contribution < -0.4 is 20.1 Å². The molecule has 0 aliphatic heterocycles. The van der Waals surface area contributed by atoms with Crippen LogP contribution in [0.25, 0.3) is 0 Å². The Hall–Kier alpha value is -2.89. The van der Waals surface area contributed by atoms with Crippen molar-refractivity contribution in [2.24, 2.45) is 5.41 Å². The Bertz CT molecular complexity index is 1110. The molecule has 0 fully saturated rings. The van der Waals surface area contributed by atoms with E-state index in [1.54, 1.807) is 18.2 Å². The summed E-state index contributed by atoms with van der Waals surface area (Å²) in [6.07, 6.45) is 0. The van der Waals surface area contributed by atoms with Crippen LogP contribution in [-0.2, 0) is 9.84 Å². The van der Waals surface area contributed by atoms with Crippen molar-refractivity contribution >= 4 is 27.1 Å². The summed E-state index contributed by atoms with van der Waals surface area (Å²) >= 11 is 5.90. The second-order valence-corrected chi connectivity index (χ2v) is 10.6. The van der Waals surface area contributed by atoms with Crippen LogP contribution in [0.4, 0.5) is 5.69 Å². The third-order valence-corrected chi connectivity index (χ3v) is 6.98. The lowest BCUT2D eigenvalue weighted by molar-refractivity contribution is 0.303. The van der Waals surface area contributed by atoms with Gasteiger partial charge in [0.25, 0.3) is 0 Å². The third-order valence-electron chi connectivity index (χ3n) is 5.00. The van der Waals surface area contributed by atoms with E-state index in [1.807, 2.05) is 33.8 Å². The topological polar surface area (TPSA) is 100 Å². The summed E-state index contributed by atoms with van der Waals surface area (Å²) in [7, 11) is -1.11. The normalized spacial score (nSPS) is 13.4. The first-order chi connectivity index (χ1) is 14.9. The van der Waals surface area contributed by atoms with Gasteiger partial charge in [0.2, 0.25) is 9.84 Å². The summed E-state index contributed by atoms with van der Waals surface area (Å²) in [4.78, 5) is -0.483. The number of sulfone groups is 1. The smallest absolute Gasteiger partial charge is 0.220 e. The molecule has 2 N–H and O–H groups in total. The van der Waals surface area contributed by atoms with Gasteiger partial charge in [0, 0.05) is 35.0 Å². The number of nitrogens with one attached hydrogen (secondary N) is 2. The summed E-state index contributed by atoms with van der Waals surface area (Å²) < 4.78 is 37.3. The van der Waals surface area contributed by atoms with Crippen LogP contribution in [0.15, 0.2) is 58.1 Å². The van der Waals surface area contributed by atoms with Crippen LogP contribution in [0.5, 0.6) is 11.5 Å². The Morgan fingerprint density at radius 2 is 1.59 bits per heavy atom. The van der Waals surface area contributed by atoms with E-state index < -0.39 is 14.7 Å². The molecule has 0 radical (unpaired) electrons. The van der Waals surface area contributed by atoms with Gasteiger partial charge in [-0.2, -0.15) is 5.26 Å². The molecule has 9 heteroatoms. The molecule has 0 amide bonds.